The molecule has 13 heavy (non-hydrogen) atoms. The number of nitrogens with zero attached hydrogens (tertiary/aromatic N) is 2. The van der Waals surface area contributed by atoms with E-state index in [0.717, 1.165) is 12.8 Å². The molecule has 0 atom stereocenters. The van der Waals surface area contributed by atoms with Crippen LogP contribution < -0.4 is 5.56 Å². The zero-order valence-corrected chi connectivity index (χ0v) is 9.81. The average Bonchev–Trinajstić information content (AvgIpc) is 2.13. The fourth-order valence-corrected chi connectivity index (χ4v) is 1.38. The Morgan fingerprint density at radius 1 is 1.69 bits per heavy atom. The minimum atomic E-state index is -0.110. The van der Waals surface area contributed by atoms with Gasteiger partial charge in [0, 0.05) is 11.4 Å². The maximum Gasteiger partial charge on any atom is 0.282 e. The molecule has 0 unspecified atom stereocenters. The Balaban J connectivity index is 2.97. The van der Waals surface area contributed by atoms with Gasteiger partial charge < -0.3 is 0 Å². The SMILES string of the molecule is CCCCn1ncc(S)c(Br)c1=O. The Morgan fingerprint density at radius 3 is 3.00 bits per heavy atom. The molecule has 0 saturated heterocycles. The van der Waals surface area contributed by atoms with Gasteiger partial charge in [-0.2, -0.15) is 5.10 Å². The summed E-state index contributed by atoms with van der Waals surface area (Å²) in [5, 5.41) is 3.97. The molecule has 0 aliphatic rings. The van der Waals surface area contributed by atoms with Gasteiger partial charge in [-0.3, -0.25) is 4.79 Å². The highest BCUT2D eigenvalue weighted by Gasteiger charge is 2.04. The molecule has 1 aromatic heterocycles. The Kier molecular flexibility index (Phi) is 3.99. The zero-order chi connectivity index (χ0) is 9.84. The number of aryl methyl sites for hydroxylation is 1. The smallest absolute Gasteiger partial charge is 0.266 e. The number of rotatable bonds is 3. The molecule has 0 fully saturated rings. The fourth-order valence-electron chi connectivity index (χ4n) is 0.924. The van der Waals surface area contributed by atoms with Crippen LogP contribution in [-0.4, -0.2) is 9.78 Å². The van der Waals surface area contributed by atoms with E-state index in [1.54, 1.807) is 6.20 Å². The highest BCUT2D eigenvalue weighted by molar-refractivity contribution is 9.10. The van der Waals surface area contributed by atoms with Crippen molar-refractivity contribution >= 4 is 28.6 Å². The van der Waals surface area contributed by atoms with E-state index in [1.807, 2.05) is 0 Å². The van der Waals surface area contributed by atoms with E-state index in [1.165, 1.54) is 4.68 Å². The molecule has 1 aromatic rings. The topological polar surface area (TPSA) is 34.9 Å². The second-order valence-electron chi connectivity index (χ2n) is 2.73. The lowest BCUT2D eigenvalue weighted by molar-refractivity contribution is 0.536. The van der Waals surface area contributed by atoms with Crippen LogP contribution in [0.2, 0.25) is 0 Å². The first kappa shape index (κ1) is 10.8. The Labute approximate surface area is 90.7 Å². The first-order valence-electron chi connectivity index (χ1n) is 4.11. The molecule has 0 aliphatic carbocycles. The molecule has 0 amide bonds. The molecule has 1 heterocycles. The third-order valence-corrected chi connectivity index (χ3v) is 3.10. The first-order valence-corrected chi connectivity index (χ1v) is 5.35. The quantitative estimate of drug-likeness (QED) is 0.847. The summed E-state index contributed by atoms with van der Waals surface area (Å²) in [5.41, 5.74) is -0.110. The lowest BCUT2D eigenvalue weighted by atomic mass is 10.3. The minimum absolute atomic E-state index is 0.110. The van der Waals surface area contributed by atoms with Crippen molar-refractivity contribution in [1.29, 1.82) is 0 Å². The standard InChI is InChI=1S/C8H11BrN2OS/c1-2-3-4-11-8(12)7(9)6(13)5-10-11/h5,13H,2-4H2,1H3. The van der Waals surface area contributed by atoms with Crippen molar-refractivity contribution < 1.29 is 0 Å². The summed E-state index contributed by atoms with van der Waals surface area (Å²) in [7, 11) is 0. The highest BCUT2D eigenvalue weighted by Crippen LogP contribution is 2.13. The van der Waals surface area contributed by atoms with Crippen molar-refractivity contribution in [2.45, 2.75) is 31.2 Å². The Bertz CT molecular complexity index is 350. The summed E-state index contributed by atoms with van der Waals surface area (Å²) in [4.78, 5) is 12.1. The van der Waals surface area contributed by atoms with Gasteiger partial charge in [-0.15, -0.1) is 12.6 Å². The van der Waals surface area contributed by atoms with Crippen LogP contribution in [0, 0.1) is 0 Å². The van der Waals surface area contributed by atoms with Gasteiger partial charge in [0.25, 0.3) is 5.56 Å². The van der Waals surface area contributed by atoms with Gasteiger partial charge >= 0.3 is 0 Å². The van der Waals surface area contributed by atoms with Crippen molar-refractivity contribution in [3.8, 4) is 0 Å². The maximum atomic E-state index is 11.5. The summed E-state index contributed by atoms with van der Waals surface area (Å²) in [5.74, 6) is 0. The van der Waals surface area contributed by atoms with E-state index < -0.39 is 0 Å². The largest absolute Gasteiger partial charge is 0.282 e. The van der Waals surface area contributed by atoms with Crippen LogP contribution in [0.3, 0.4) is 0 Å². The van der Waals surface area contributed by atoms with Crippen LogP contribution in [0.4, 0.5) is 0 Å². The van der Waals surface area contributed by atoms with Crippen LogP contribution >= 0.6 is 28.6 Å². The lowest BCUT2D eigenvalue weighted by Gasteiger charge is -2.04. The van der Waals surface area contributed by atoms with Crippen LogP contribution in [0.5, 0.6) is 0 Å². The third-order valence-electron chi connectivity index (χ3n) is 1.69. The van der Waals surface area contributed by atoms with Crippen molar-refractivity contribution in [2.24, 2.45) is 0 Å². The highest BCUT2D eigenvalue weighted by atomic mass is 79.9. The molecule has 0 aromatic carbocycles. The number of halogens is 1. The van der Waals surface area contributed by atoms with Crippen LogP contribution in [0.15, 0.2) is 20.4 Å². The summed E-state index contributed by atoms with van der Waals surface area (Å²) < 4.78 is 1.94. The predicted molar refractivity (Wildman–Crippen MR) is 58.4 cm³/mol. The second kappa shape index (κ2) is 4.81. The van der Waals surface area contributed by atoms with Crippen LogP contribution in [0.25, 0.3) is 0 Å². The van der Waals surface area contributed by atoms with Gasteiger partial charge in [-0.1, -0.05) is 13.3 Å². The van der Waals surface area contributed by atoms with Gasteiger partial charge in [-0.05, 0) is 22.4 Å². The molecule has 1 rings (SSSR count). The molecule has 0 bridgehead atoms. The summed E-state index contributed by atoms with van der Waals surface area (Å²) in [6, 6.07) is 0. The molecule has 72 valence electrons. The van der Waals surface area contributed by atoms with Gasteiger partial charge in [0.15, 0.2) is 0 Å². The number of hydrogen-bond donors (Lipinski definition) is 1. The van der Waals surface area contributed by atoms with E-state index >= 15 is 0 Å². The Morgan fingerprint density at radius 2 is 2.38 bits per heavy atom. The van der Waals surface area contributed by atoms with Crippen LogP contribution in [0.1, 0.15) is 19.8 Å². The number of aromatic nitrogens is 2. The number of hydrogen-bond acceptors (Lipinski definition) is 3. The Hall–Kier alpha value is -0.290. The lowest BCUT2D eigenvalue weighted by Crippen LogP contribution is -2.23. The molecular formula is C8H11BrN2OS. The van der Waals surface area contributed by atoms with Gasteiger partial charge in [0.1, 0.15) is 0 Å². The normalized spacial score (nSPS) is 10.4. The number of unbranched alkanes of at least 4 members (excludes halogenated alkanes) is 1. The van der Waals surface area contributed by atoms with Gasteiger partial charge in [-0.25, -0.2) is 4.68 Å². The predicted octanol–water partition coefficient (Wildman–Crippen LogP) is 2.09. The zero-order valence-electron chi connectivity index (χ0n) is 7.33. The van der Waals surface area contributed by atoms with E-state index in [-0.39, 0.29) is 5.56 Å². The average molecular weight is 263 g/mol. The molecule has 5 heteroatoms. The monoisotopic (exact) mass is 262 g/mol. The van der Waals surface area contributed by atoms with E-state index in [0.29, 0.717) is 15.9 Å². The van der Waals surface area contributed by atoms with Crippen molar-refractivity contribution in [3.05, 3.63) is 21.0 Å². The van der Waals surface area contributed by atoms with Gasteiger partial charge in [0.2, 0.25) is 0 Å². The molecule has 0 spiro atoms. The first-order chi connectivity index (χ1) is 6.16. The van der Waals surface area contributed by atoms with Crippen molar-refractivity contribution in [3.63, 3.8) is 0 Å². The van der Waals surface area contributed by atoms with Crippen molar-refractivity contribution in [1.82, 2.24) is 9.78 Å². The number of thiol groups is 1. The molecule has 0 N–H and O–H groups in total. The second-order valence-corrected chi connectivity index (χ2v) is 4.00. The van der Waals surface area contributed by atoms with Crippen molar-refractivity contribution in [2.75, 3.05) is 0 Å². The van der Waals surface area contributed by atoms with E-state index in [4.69, 9.17) is 0 Å². The third kappa shape index (κ3) is 2.57. The van der Waals surface area contributed by atoms with Gasteiger partial charge in [0.05, 0.1) is 10.7 Å². The maximum absolute atomic E-state index is 11.5. The minimum Gasteiger partial charge on any atom is -0.266 e. The molecule has 3 nitrogen and oxygen atoms in total. The fraction of sp³-hybridized carbons (Fsp3) is 0.500. The molecule has 0 aliphatic heterocycles. The summed E-state index contributed by atoms with van der Waals surface area (Å²) in [6.45, 7) is 2.75. The summed E-state index contributed by atoms with van der Waals surface area (Å²) >= 11 is 7.26. The van der Waals surface area contributed by atoms with E-state index in [9.17, 15) is 4.79 Å². The summed E-state index contributed by atoms with van der Waals surface area (Å²) in [6.07, 6.45) is 3.59. The molecule has 0 radical (unpaired) electrons. The van der Waals surface area contributed by atoms with Crippen LogP contribution in [-0.2, 0) is 6.54 Å². The molecule has 0 saturated carbocycles. The molecular weight excluding hydrogens is 252 g/mol. The van der Waals surface area contributed by atoms with E-state index in [2.05, 4.69) is 40.6 Å².